The van der Waals surface area contributed by atoms with Gasteiger partial charge in [0.2, 0.25) is 0 Å². The molecule has 0 aliphatic carbocycles. The minimum atomic E-state index is -0.777. The summed E-state index contributed by atoms with van der Waals surface area (Å²) in [5.74, 6) is 0.269. The fourth-order valence-corrected chi connectivity index (χ4v) is 3.37. The van der Waals surface area contributed by atoms with Gasteiger partial charge in [-0.3, -0.25) is 4.79 Å². The molecule has 3 rings (SSSR count). The standard InChI is InChI=1S/C23H29NO4/c1-15-4-8-18(9-5-15)12-20-17(3)27-23(25)21(24)13-26-14-22(20)28-19-10-6-16(2)7-11-19/h4-11,17,20-22H,12-14,24H2,1-3H3. The number of ether oxygens (including phenoxy) is 3. The molecule has 150 valence electrons. The predicted octanol–water partition coefficient (Wildman–Crippen LogP) is 3.20. The highest BCUT2D eigenvalue weighted by atomic mass is 16.6. The molecule has 0 aromatic heterocycles. The van der Waals surface area contributed by atoms with Crippen LogP contribution in [0.25, 0.3) is 0 Å². The number of cyclic esters (lactones) is 1. The number of hydrogen-bond donors (Lipinski definition) is 1. The minimum Gasteiger partial charge on any atom is -0.488 e. The zero-order valence-corrected chi connectivity index (χ0v) is 16.8. The summed E-state index contributed by atoms with van der Waals surface area (Å²) in [5, 5.41) is 0. The van der Waals surface area contributed by atoms with Crippen molar-refractivity contribution in [1.29, 1.82) is 0 Å². The number of carbonyl (C=O) groups is 1. The van der Waals surface area contributed by atoms with E-state index < -0.39 is 12.0 Å². The summed E-state index contributed by atoms with van der Waals surface area (Å²) in [7, 11) is 0. The van der Waals surface area contributed by atoms with Gasteiger partial charge in [-0.2, -0.15) is 0 Å². The number of rotatable bonds is 4. The molecule has 1 aliphatic heterocycles. The fourth-order valence-electron chi connectivity index (χ4n) is 3.37. The molecule has 0 saturated carbocycles. The number of benzene rings is 2. The van der Waals surface area contributed by atoms with Crippen LogP contribution in [0.2, 0.25) is 0 Å². The molecule has 2 aromatic carbocycles. The SMILES string of the molecule is Cc1ccc(CC2C(C)OC(=O)C(N)COCC2Oc2ccc(C)cc2)cc1. The summed E-state index contributed by atoms with van der Waals surface area (Å²) >= 11 is 0. The molecule has 1 saturated heterocycles. The first-order valence-corrected chi connectivity index (χ1v) is 9.75. The summed E-state index contributed by atoms with van der Waals surface area (Å²) in [6.07, 6.45) is 0.0956. The molecule has 4 unspecified atom stereocenters. The molecule has 28 heavy (non-hydrogen) atoms. The van der Waals surface area contributed by atoms with E-state index >= 15 is 0 Å². The van der Waals surface area contributed by atoms with Crippen molar-refractivity contribution < 1.29 is 19.0 Å². The molecule has 0 amide bonds. The summed E-state index contributed by atoms with van der Waals surface area (Å²) in [5.41, 5.74) is 9.41. The zero-order valence-electron chi connectivity index (χ0n) is 16.8. The smallest absolute Gasteiger partial charge is 0.325 e. The lowest BCUT2D eigenvalue weighted by molar-refractivity contribution is -0.153. The largest absolute Gasteiger partial charge is 0.488 e. The van der Waals surface area contributed by atoms with Crippen molar-refractivity contribution in [2.24, 2.45) is 11.7 Å². The highest BCUT2D eigenvalue weighted by molar-refractivity contribution is 5.75. The molecule has 4 atom stereocenters. The molecule has 1 fully saturated rings. The van der Waals surface area contributed by atoms with Crippen LogP contribution in [0.4, 0.5) is 0 Å². The van der Waals surface area contributed by atoms with Gasteiger partial charge in [0, 0.05) is 5.92 Å². The van der Waals surface area contributed by atoms with Gasteiger partial charge in [-0.15, -0.1) is 0 Å². The van der Waals surface area contributed by atoms with Crippen LogP contribution in [-0.4, -0.2) is 37.4 Å². The van der Waals surface area contributed by atoms with Gasteiger partial charge in [-0.25, -0.2) is 0 Å². The fraction of sp³-hybridized carbons (Fsp3) is 0.435. The third kappa shape index (κ3) is 5.33. The predicted molar refractivity (Wildman–Crippen MR) is 108 cm³/mol. The topological polar surface area (TPSA) is 70.8 Å². The lowest BCUT2D eigenvalue weighted by Gasteiger charge is -2.31. The Bertz CT molecular complexity index is 772. The highest BCUT2D eigenvalue weighted by Crippen LogP contribution is 2.26. The van der Waals surface area contributed by atoms with Crippen molar-refractivity contribution >= 4 is 5.97 Å². The van der Waals surface area contributed by atoms with Gasteiger partial charge in [0.25, 0.3) is 0 Å². The number of esters is 1. The second-order valence-corrected chi connectivity index (χ2v) is 7.61. The maximum absolute atomic E-state index is 12.2. The second kappa shape index (κ2) is 9.22. The molecular formula is C23H29NO4. The Hall–Kier alpha value is -2.37. The Balaban J connectivity index is 1.86. The van der Waals surface area contributed by atoms with E-state index in [1.165, 1.54) is 16.7 Å². The molecule has 0 radical (unpaired) electrons. The van der Waals surface area contributed by atoms with Crippen LogP contribution in [0, 0.1) is 19.8 Å². The first-order valence-electron chi connectivity index (χ1n) is 9.75. The van der Waals surface area contributed by atoms with Crippen molar-refractivity contribution in [2.75, 3.05) is 13.2 Å². The van der Waals surface area contributed by atoms with Crippen molar-refractivity contribution in [3.05, 3.63) is 65.2 Å². The lowest BCUT2D eigenvalue weighted by atomic mass is 9.89. The Morgan fingerprint density at radius 3 is 2.25 bits per heavy atom. The van der Waals surface area contributed by atoms with E-state index in [0.29, 0.717) is 13.0 Å². The van der Waals surface area contributed by atoms with Crippen LogP contribution < -0.4 is 10.5 Å². The van der Waals surface area contributed by atoms with E-state index in [9.17, 15) is 4.79 Å². The van der Waals surface area contributed by atoms with Gasteiger partial charge in [0.1, 0.15) is 24.0 Å². The molecule has 0 bridgehead atoms. The molecular weight excluding hydrogens is 354 g/mol. The minimum absolute atomic E-state index is 0.0711. The number of aryl methyl sites for hydroxylation is 2. The van der Waals surface area contributed by atoms with Crippen molar-refractivity contribution in [3.63, 3.8) is 0 Å². The second-order valence-electron chi connectivity index (χ2n) is 7.61. The Morgan fingerprint density at radius 2 is 1.61 bits per heavy atom. The molecule has 2 aromatic rings. The van der Waals surface area contributed by atoms with Gasteiger partial charge in [0.15, 0.2) is 0 Å². The van der Waals surface area contributed by atoms with E-state index in [-0.39, 0.29) is 24.7 Å². The Labute approximate surface area is 166 Å². The maximum atomic E-state index is 12.2. The van der Waals surface area contributed by atoms with E-state index in [0.717, 1.165) is 5.75 Å². The average molecular weight is 383 g/mol. The zero-order chi connectivity index (χ0) is 20.1. The quantitative estimate of drug-likeness (QED) is 0.821. The molecule has 5 heteroatoms. The molecule has 1 heterocycles. The van der Waals surface area contributed by atoms with Crippen LogP contribution in [0.3, 0.4) is 0 Å². The van der Waals surface area contributed by atoms with Crippen molar-refractivity contribution in [3.8, 4) is 5.75 Å². The summed E-state index contributed by atoms with van der Waals surface area (Å²) in [4.78, 5) is 12.2. The first-order chi connectivity index (χ1) is 13.4. The molecule has 0 spiro atoms. The summed E-state index contributed by atoms with van der Waals surface area (Å²) < 4.78 is 17.7. The Morgan fingerprint density at radius 1 is 1.00 bits per heavy atom. The van der Waals surface area contributed by atoms with E-state index in [1.807, 2.05) is 38.1 Å². The Kier molecular flexibility index (Phi) is 6.70. The van der Waals surface area contributed by atoms with E-state index in [4.69, 9.17) is 19.9 Å². The van der Waals surface area contributed by atoms with Crippen LogP contribution in [-0.2, 0) is 20.7 Å². The molecule has 5 nitrogen and oxygen atoms in total. The molecule has 2 N–H and O–H groups in total. The van der Waals surface area contributed by atoms with Crippen LogP contribution in [0.5, 0.6) is 5.75 Å². The monoisotopic (exact) mass is 383 g/mol. The van der Waals surface area contributed by atoms with Gasteiger partial charge < -0.3 is 19.9 Å². The van der Waals surface area contributed by atoms with Crippen molar-refractivity contribution in [2.45, 2.75) is 45.4 Å². The number of hydrogen-bond acceptors (Lipinski definition) is 5. The summed E-state index contributed by atoms with van der Waals surface area (Å²) in [6, 6.07) is 15.5. The van der Waals surface area contributed by atoms with Crippen molar-refractivity contribution in [1.82, 2.24) is 0 Å². The van der Waals surface area contributed by atoms with Gasteiger partial charge >= 0.3 is 5.97 Å². The number of nitrogens with two attached hydrogens (primary N) is 1. The van der Waals surface area contributed by atoms with Gasteiger partial charge in [-0.1, -0.05) is 47.5 Å². The van der Waals surface area contributed by atoms with E-state index in [2.05, 4.69) is 31.2 Å². The normalized spacial score (nSPS) is 25.9. The van der Waals surface area contributed by atoms with E-state index in [1.54, 1.807) is 0 Å². The lowest BCUT2D eigenvalue weighted by Crippen LogP contribution is -2.41. The maximum Gasteiger partial charge on any atom is 0.325 e. The van der Waals surface area contributed by atoms with Gasteiger partial charge in [0.05, 0.1) is 13.2 Å². The number of carbonyl (C=O) groups excluding carboxylic acids is 1. The van der Waals surface area contributed by atoms with Crippen LogP contribution in [0.15, 0.2) is 48.5 Å². The summed E-state index contributed by atoms with van der Waals surface area (Å²) in [6.45, 7) is 6.47. The third-order valence-electron chi connectivity index (χ3n) is 5.17. The first kappa shape index (κ1) is 20.4. The highest BCUT2D eigenvalue weighted by Gasteiger charge is 2.34. The van der Waals surface area contributed by atoms with Crippen LogP contribution >= 0.6 is 0 Å². The molecule has 1 aliphatic rings. The third-order valence-corrected chi connectivity index (χ3v) is 5.17. The van der Waals surface area contributed by atoms with Crippen LogP contribution in [0.1, 0.15) is 23.6 Å². The van der Waals surface area contributed by atoms with Gasteiger partial charge in [-0.05, 0) is 44.9 Å². The average Bonchev–Trinajstić information content (AvgIpc) is 2.71.